The number of Topliss-reactive ketones (excluding diaryl/α,β-unsaturated/α-hetero) is 1. The maximum atomic E-state index is 12.5. The minimum absolute atomic E-state index is 0.0173. The third-order valence-corrected chi connectivity index (χ3v) is 5.83. The van der Waals surface area contributed by atoms with Gasteiger partial charge in [-0.15, -0.1) is 0 Å². The maximum Gasteiger partial charge on any atom is 0.303 e. The number of carboxylic acid groups (broad SMARTS) is 1. The van der Waals surface area contributed by atoms with Crippen molar-refractivity contribution in [2.75, 3.05) is 19.8 Å². The standard InChI is InChI=1S/C22H40O6/c23-14-10-6-2-1-3-8-12-19-18(11-7-4-5-9-13-22(26)27)20(25)17-21(19)28-16-15-24/h18-19,21,23-24H,1-17H2,(H,26,27)/t18-,19-,21-/m1/s1. The van der Waals surface area contributed by atoms with E-state index in [0.717, 1.165) is 70.6 Å². The molecule has 6 nitrogen and oxygen atoms in total. The number of ether oxygens (including phenoxy) is 1. The minimum atomic E-state index is -0.744. The van der Waals surface area contributed by atoms with Crippen LogP contribution >= 0.6 is 0 Å². The van der Waals surface area contributed by atoms with Crippen LogP contribution < -0.4 is 0 Å². The van der Waals surface area contributed by atoms with Gasteiger partial charge in [-0.1, -0.05) is 51.4 Å². The number of aliphatic hydroxyl groups excluding tert-OH is 2. The Morgan fingerprint density at radius 1 is 0.857 bits per heavy atom. The fourth-order valence-electron chi connectivity index (χ4n) is 4.34. The van der Waals surface area contributed by atoms with E-state index >= 15 is 0 Å². The minimum Gasteiger partial charge on any atom is -0.481 e. The molecule has 1 aliphatic rings. The molecule has 0 bridgehead atoms. The number of ketones is 1. The predicted octanol–water partition coefficient (Wildman–Crippen LogP) is 3.72. The molecule has 1 fully saturated rings. The fraction of sp³-hybridized carbons (Fsp3) is 0.909. The molecule has 0 aromatic rings. The van der Waals surface area contributed by atoms with Gasteiger partial charge in [-0.2, -0.15) is 0 Å². The first-order valence-electron chi connectivity index (χ1n) is 11.2. The third-order valence-electron chi connectivity index (χ3n) is 5.83. The first-order chi connectivity index (χ1) is 13.6. The van der Waals surface area contributed by atoms with Crippen LogP contribution in [0.25, 0.3) is 0 Å². The highest BCUT2D eigenvalue weighted by atomic mass is 16.5. The number of aliphatic carboxylic acids is 1. The number of unbranched alkanes of at least 4 members (excludes halogenated alkanes) is 8. The van der Waals surface area contributed by atoms with Gasteiger partial charge in [0.25, 0.3) is 0 Å². The van der Waals surface area contributed by atoms with Crippen molar-refractivity contribution in [3.05, 3.63) is 0 Å². The lowest BCUT2D eigenvalue weighted by molar-refractivity contribution is -0.137. The summed E-state index contributed by atoms with van der Waals surface area (Å²) in [5.41, 5.74) is 0. The van der Waals surface area contributed by atoms with E-state index in [-0.39, 0.29) is 44.2 Å². The number of carboxylic acids is 1. The molecule has 28 heavy (non-hydrogen) atoms. The summed E-state index contributed by atoms with van der Waals surface area (Å²) in [5, 5.41) is 26.6. The van der Waals surface area contributed by atoms with Gasteiger partial charge in [-0.05, 0) is 31.6 Å². The smallest absolute Gasteiger partial charge is 0.303 e. The fourth-order valence-corrected chi connectivity index (χ4v) is 4.34. The second-order valence-electron chi connectivity index (χ2n) is 8.05. The van der Waals surface area contributed by atoms with Crippen molar-refractivity contribution < 1.29 is 29.6 Å². The highest BCUT2D eigenvalue weighted by molar-refractivity contribution is 5.84. The number of aliphatic hydroxyl groups is 2. The molecule has 164 valence electrons. The molecule has 0 unspecified atom stereocenters. The van der Waals surface area contributed by atoms with Crippen LogP contribution in [0.15, 0.2) is 0 Å². The van der Waals surface area contributed by atoms with Gasteiger partial charge in [-0.25, -0.2) is 0 Å². The zero-order valence-electron chi connectivity index (χ0n) is 17.3. The van der Waals surface area contributed by atoms with Crippen molar-refractivity contribution in [3.63, 3.8) is 0 Å². The van der Waals surface area contributed by atoms with Crippen molar-refractivity contribution >= 4 is 11.8 Å². The van der Waals surface area contributed by atoms with E-state index in [1.54, 1.807) is 0 Å². The van der Waals surface area contributed by atoms with Gasteiger partial charge in [0.2, 0.25) is 0 Å². The van der Waals surface area contributed by atoms with E-state index in [1.165, 1.54) is 0 Å². The van der Waals surface area contributed by atoms with Crippen LogP contribution in [0.1, 0.15) is 89.9 Å². The van der Waals surface area contributed by atoms with Crippen molar-refractivity contribution in [3.8, 4) is 0 Å². The van der Waals surface area contributed by atoms with Crippen LogP contribution in [-0.2, 0) is 14.3 Å². The molecule has 0 radical (unpaired) electrons. The molecule has 1 rings (SSSR count). The van der Waals surface area contributed by atoms with Gasteiger partial charge >= 0.3 is 5.97 Å². The van der Waals surface area contributed by atoms with Gasteiger partial charge in [0.05, 0.1) is 19.3 Å². The average molecular weight is 401 g/mol. The van der Waals surface area contributed by atoms with Crippen LogP contribution in [-0.4, -0.2) is 53.0 Å². The Balaban J connectivity index is 2.37. The molecule has 0 spiro atoms. The molecule has 1 aliphatic carbocycles. The van der Waals surface area contributed by atoms with Gasteiger partial charge in [0.15, 0.2) is 0 Å². The number of hydrogen-bond donors (Lipinski definition) is 3. The molecule has 0 heterocycles. The van der Waals surface area contributed by atoms with Crippen molar-refractivity contribution in [2.24, 2.45) is 11.8 Å². The molecule has 3 N–H and O–H groups in total. The van der Waals surface area contributed by atoms with Gasteiger partial charge in [-0.3, -0.25) is 9.59 Å². The zero-order valence-corrected chi connectivity index (χ0v) is 17.3. The molecule has 0 aliphatic heterocycles. The number of carbonyl (C=O) groups is 2. The van der Waals surface area contributed by atoms with E-state index in [1.807, 2.05) is 0 Å². The molecule has 3 atom stereocenters. The summed E-state index contributed by atoms with van der Waals surface area (Å²) in [5.74, 6) is -0.152. The Kier molecular flexibility index (Phi) is 14.2. The van der Waals surface area contributed by atoms with E-state index in [0.29, 0.717) is 18.6 Å². The summed E-state index contributed by atoms with van der Waals surface area (Å²) in [6.07, 6.45) is 12.5. The second kappa shape index (κ2) is 15.9. The first-order valence-corrected chi connectivity index (χ1v) is 11.2. The van der Waals surface area contributed by atoms with E-state index in [9.17, 15) is 9.59 Å². The lowest BCUT2D eigenvalue weighted by atomic mass is 9.85. The van der Waals surface area contributed by atoms with Crippen molar-refractivity contribution in [2.45, 2.75) is 96.0 Å². The molecular weight excluding hydrogens is 360 g/mol. The second-order valence-corrected chi connectivity index (χ2v) is 8.05. The maximum absolute atomic E-state index is 12.5. The van der Waals surface area contributed by atoms with Crippen molar-refractivity contribution in [1.82, 2.24) is 0 Å². The quantitative estimate of drug-likeness (QED) is 0.303. The van der Waals surface area contributed by atoms with Crippen molar-refractivity contribution in [1.29, 1.82) is 0 Å². The van der Waals surface area contributed by atoms with Crippen LogP contribution in [0.5, 0.6) is 0 Å². The van der Waals surface area contributed by atoms with Gasteiger partial charge in [0.1, 0.15) is 5.78 Å². The Morgan fingerprint density at radius 3 is 2.11 bits per heavy atom. The molecule has 1 saturated carbocycles. The summed E-state index contributed by atoms with van der Waals surface area (Å²) >= 11 is 0. The highest BCUT2D eigenvalue weighted by Crippen LogP contribution is 2.38. The summed E-state index contributed by atoms with van der Waals surface area (Å²) in [6, 6.07) is 0. The normalized spacial score (nSPS) is 22.1. The van der Waals surface area contributed by atoms with Gasteiger partial charge < -0.3 is 20.1 Å². The summed E-state index contributed by atoms with van der Waals surface area (Å²) in [4.78, 5) is 23.1. The number of hydrogen-bond acceptors (Lipinski definition) is 5. The lowest BCUT2D eigenvalue weighted by Gasteiger charge is -2.24. The SMILES string of the molecule is O=C(O)CCCCCC[C@H]1C(=O)C[C@@H](OCCO)[C@@H]1CCCCCCCCO. The number of carbonyl (C=O) groups excluding carboxylic acids is 1. The van der Waals surface area contributed by atoms with Crippen LogP contribution in [0.2, 0.25) is 0 Å². The largest absolute Gasteiger partial charge is 0.481 e. The van der Waals surface area contributed by atoms with Crippen LogP contribution in [0.4, 0.5) is 0 Å². The van der Waals surface area contributed by atoms with E-state index in [4.69, 9.17) is 20.1 Å². The average Bonchev–Trinajstić information content (AvgIpc) is 2.96. The Hall–Kier alpha value is -0.980. The lowest BCUT2D eigenvalue weighted by Crippen LogP contribution is -2.24. The molecule has 0 saturated heterocycles. The molecule has 0 aromatic heterocycles. The predicted molar refractivity (Wildman–Crippen MR) is 108 cm³/mol. The third kappa shape index (κ3) is 10.5. The first kappa shape index (κ1) is 25.1. The van der Waals surface area contributed by atoms with Crippen LogP contribution in [0.3, 0.4) is 0 Å². The summed E-state index contributed by atoms with van der Waals surface area (Å²) in [7, 11) is 0. The topological polar surface area (TPSA) is 104 Å². The Morgan fingerprint density at radius 2 is 1.46 bits per heavy atom. The summed E-state index contributed by atoms with van der Waals surface area (Å²) in [6.45, 7) is 0.542. The Labute approximate surface area is 169 Å². The van der Waals surface area contributed by atoms with E-state index in [2.05, 4.69) is 0 Å². The summed E-state index contributed by atoms with van der Waals surface area (Å²) < 4.78 is 5.78. The van der Waals surface area contributed by atoms with Gasteiger partial charge in [0, 0.05) is 25.4 Å². The molecule has 6 heteroatoms. The van der Waals surface area contributed by atoms with E-state index < -0.39 is 5.97 Å². The number of rotatable bonds is 18. The van der Waals surface area contributed by atoms with Crippen LogP contribution in [0, 0.1) is 11.8 Å². The monoisotopic (exact) mass is 400 g/mol. The molecular formula is C22H40O6. The highest BCUT2D eigenvalue weighted by Gasteiger charge is 2.41. The molecule has 0 amide bonds. The Bertz CT molecular complexity index is 425. The molecule has 0 aromatic carbocycles. The zero-order chi connectivity index (χ0) is 20.6.